The highest BCUT2D eigenvalue weighted by Gasteiger charge is 2.41. The van der Waals surface area contributed by atoms with Crippen LogP contribution in [0.1, 0.15) is 23.6 Å². The number of hydrogen-bond acceptors (Lipinski definition) is 5. The number of ether oxygens (including phenoxy) is 1. The Balaban J connectivity index is 2.05. The molecular formula is C23H22N2O3S. The summed E-state index contributed by atoms with van der Waals surface area (Å²) in [7, 11) is 0. The zero-order chi connectivity index (χ0) is 21.0. The Bertz CT molecular complexity index is 1010. The average molecular weight is 407 g/mol. The minimum Gasteiger partial charge on any atom is -0.462 e. The van der Waals surface area contributed by atoms with E-state index in [0.717, 1.165) is 16.7 Å². The molecule has 29 heavy (non-hydrogen) atoms. The number of anilines is 1. The van der Waals surface area contributed by atoms with Gasteiger partial charge in [0.15, 0.2) is 5.57 Å². The van der Waals surface area contributed by atoms with Crippen LogP contribution in [-0.4, -0.2) is 23.7 Å². The molecule has 0 aromatic heterocycles. The van der Waals surface area contributed by atoms with Crippen LogP contribution >= 0.6 is 11.8 Å². The molecule has 1 fully saturated rings. The van der Waals surface area contributed by atoms with Crippen molar-refractivity contribution < 1.29 is 14.3 Å². The fourth-order valence-electron chi connectivity index (χ4n) is 3.14. The molecule has 0 N–H and O–H groups in total. The SMILES string of the molecule is CCOC(=O)/C(C#N)=C1\S[C@H](Cc2ccccc2C)C(=O)N1c1ccc(C)cc1. The molecule has 1 aliphatic heterocycles. The number of carbonyl (C=O) groups excluding carboxylic acids is 2. The van der Waals surface area contributed by atoms with Crippen molar-refractivity contribution in [2.45, 2.75) is 32.4 Å². The number of esters is 1. The molecule has 0 spiro atoms. The summed E-state index contributed by atoms with van der Waals surface area (Å²) in [6.45, 7) is 5.81. The van der Waals surface area contributed by atoms with Crippen molar-refractivity contribution in [3.05, 3.63) is 75.8 Å². The van der Waals surface area contributed by atoms with Crippen molar-refractivity contribution in [2.75, 3.05) is 11.5 Å². The highest BCUT2D eigenvalue weighted by Crippen LogP contribution is 2.42. The van der Waals surface area contributed by atoms with E-state index in [9.17, 15) is 14.9 Å². The molecule has 5 nitrogen and oxygen atoms in total. The van der Waals surface area contributed by atoms with E-state index in [1.807, 2.05) is 68.4 Å². The van der Waals surface area contributed by atoms with Crippen LogP contribution in [0.25, 0.3) is 0 Å². The molecule has 1 heterocycles. The van der Waals surface area contributed by atoms with Gasteiger partial charge in [-0.3, -0.25) is 9.69 Å². The lowest BCUT2D eigenvalue weighted by Crippen LogP contribution is -2.30. The summed E-state index contributed by atoms with van der Waals surface area (Å²) in [4.78, 5) is 27.2. The molecular weight excluding hydrogens is 384 g/mol. The number of nitrogens with zero attached hydrogens (tertiary/aromatic N) is 2. The van der Waals surface area contributed by atoms with Crippen LogP contribution in [0.15, 0.2) is 59.1 Å². The minimum absolute atomic E-state index is 0.141. The maximum Gasteiger partial charge on any atom is 0.351 e. The van der Waals surface area contributed by atoms with Crippen LogP contribution in [-0.2, 0) is 20.7 Å². The number of amides is 1. The van der Waals surface area contributed by atoms with Crippen molar-refractivity contribution in [2.24, 2.45) is 0 Å². The second-order valence-electron chi connectivity index (χ2n) is 6.76. The van der Waals surface area contributed by atoms with Crippen LogP contribution in [0.3, 0.4) is 0 Å². The van der Waals surface area contributed by atoms with Crippen LogP contribution in [0.2, 0.25) is 0 Å². The topological polar surface area (TPSA) is 70.4 Å². The van der Waals surface area contributed by atoms with Crippen molar-refractivity contribution in [1.82, 2.24) is 0 Å². The summed E-state index contributed by atoms with van der Waals surface area (Å²) in [5, 5.41) is 9.54. The lowest BCUT2D eigenvalue weighted by molar-refractivity contribution is -0.138. The van der Waals surface area contributed by atoms with E-state index in [1.54, 1.807) is 6.92 Å². The van der Waals surface area contributed by atoms with Crippen LogP contribution in [0.4, 0.5) is 5.69 Å². The van der Waals surface area contributed by atoms with Gasteiger partial charge in [-0.2, -0.15) is 5.26 Å². The smallest absolute Gasteiger partial charge is 0.351 e. The maximum absolute atomic E-state index is 13.3. The Morgan fingerprint density at radius 2 is 1.86 bits per heavy atom. The van der Waals surface area contributed by atoms with Gasteiger partial charge in [-0.25, -0.2) is 4.79 Å². The molecule has 1 atom stereocenters. The summed E-state index contributed by atoms with van der Waals surface area (Å²) < 4.78 is 5.05. The van der Waals surface area contributed by atoms with Crippen LogP contribution in [0.5, 0.6) is 0 Å². The Labute approximate surface area is 175 Å². The van der Waals surface area contributed by atoms with E-state index in [1.165, 1.54) is 16.7 Å². The average Bonchev–Trinajstić information content (AvgIpc) is 3.01. The van der Waals surface area contributed by atoms with Gasteiger partial charge in [-0.1, -0.05) is 53.7 Å². The third-order valence-corrected chi connectivity index (χ3v) is 5.98. The van der Waals surface area contributed by atoms with E-state index in [-0.39, 0.29) is 18.1 Å². The molecule has 0 aliphatic carbocycles. The molecule has 1 aliphatic rings. The monoisotopic (exact) mass is 406 g/mol. The number of aryl methyl sites for hydroxylation is 2. The largest absolute Gasteiger partial charge is 0.462 e. The molecule has 0 saturated carbocycles. The Kier molecular flexibility index (Phi) is 6.40. The van der Waals surface area contributed by atoms with Crippen molar-refractivity contribution in [3.63, 3.8) is 0 Å². The molecule has 6 heteroatoms. The predicted molar refractivity (Wildman–Crippen MR) is 114 cm³/mol. The zero-order valence-corrected chi connectivity index (χ0v) is 17.5. The molecule has 0 radical (unpaired) electrons. The lowest BCUT2D eigenvalue weighted by Gasteiger charge is -2.18. The second kappa shape index (κ2) is 8.97. The summed E-state index contributed by atoms with van der Waals surface area (Å²) in [5.74, 6) is -0.854. The fraction of sp³-hybridized carbons (Fsp3) is 0.261. The summed E-state index contributed by atoms with van der Waals surface area (Å²) >= 11 is 1.25. The lowest BCUT2D eigenvalue weighted by atomic mass is 10.0. The molecule has 148 valence electrons. The molecule has 2 aromatic carbocycles. The number of rotatable bonds is 5. The van der Waals surface area contributed by atoms with Crippen molar-refractivity contribution in [3.8, 4) is 6.07 Å². The van der Waals surface area contributed by atoms with Gasteiger partial charge in [-0.15, -0.1) is 0 Å². The first kappa shape index (κ1) is 20.7. The van der Waals surface area contributed by atoms with Crippen LogP contribution in [0, 0.1) is 25.2 Å². The van der Waals surface area contributed by atoms with Crippen LogP contribution < -0.4 is 4.90 Å². The predicted octanol–water partition coefficient (Wildman–Crippen LogP) is 4.29. The Hall–Kier alpha value is -3.04. The molecule has 2 aromatic rings. The number of carbonyl (C=O) groups is 2. The van der Waals surface area contributed by atoms with Gasteiger partial charge in [0.25, 0.3) is 0 Å². The number of benzene rings is 2. The van der Waals surface area contributed by atoms with Gasteiger partial charge in [-0.05, 0) is 50.5 Å². The van der Waals surface area contributed by atoms with E-state index < -0.39 is 11.2 Å². The normalized spacial score (nSPS) is 17.8. The standard InChI is InChI=1S/C23H22N2O3S/c1-4-28-23(27)19(14-24)22-25(18-11-9-15(2)10-12-18)21(26)20(29-22)13-17-8-6-5-7-16(17)3/h5-12,20H,4,13H2,1-3H3/b22-19-/t20-/m1/s1. The first-order valence-electron chi connectivity index (χ1n) is 9.39. The second-order valence-corrected chi connectivity index (χ2v) is 7.95. The molecule has 0 bridgehead atoms. The van der Waals surface area contributed by atoms with Crippen molar-refractivity contribution >= 4 is 29.3 Å². The van der Waals surface area contributed by atoms with Gasteiger partial charge in [0.2, 0.25) is 5.91 Å². The maximum atomic E-state index is 13.3. The number of nitriles is 1. The third-order valence-electron chi connectivity index (χ3n) is 4.72. The Morgan fingerprint density at radius 3 is 2.48 bits per heavy atom. The summed E-state index contributed by atoms with van der Waals surface area (Å²) in [5.41, 5.74) is 3.72. The quantitative estimate of drug-likeness (QED) is 0.421. The van der Waals surface area contributed by atoms with Crippen molar-refractivity contribution in [1.29, 1.82) is 5.26 Å². The first-order valence-corrected chi connectivity index (χ1v) is 10.3. The van der Waals surface area contributed by atoms with Gasteiger partial charge < -0.3 is 4.74 Å². The Morgan fingerprint density at radius 1 is 1.17 bits per heavy atom. The van der Waals surface area contributed by atoms with E-state index in [0.29, 0.717) is 17.1 Å². The van der Waals surface area contributed by atoms with E-state index in [2.05, 4.69) is 0 Å². The highest BCUT2D eigenvalue weighted by molar-refractivity contribution is 8.05. The minimum atomic E-state index is -0.709. The van der Waals surface area contributed by atoms with E-state index >= 15 is 0 Å². The first-order chi connectivity index (χ1) is 14.0. The third kappa shape index (κ3) is 4.36. The van der Waals surface area contributed by atoms with Gasteiger partial charge in [0.1, 0.15) is 11.1 Å². The number of hydrogen-bond donors (Lipinski definition) is 0. The number of thioether (sulfide) groups is 1. The summed E-state index contributed by atoms with van der Waals surface area (Å²) in [6.07, 6.45) is 0.517. The molecule has 1 saturated heterocycles. The van der Waals surface area contributed by atoms with E-state index in [4.69, 9.17) is 4.74 Å². The molecule has 3 rings (SSSR count). The zero-order valence-electron chi connectivity index (χ0n) is 16.6. The van der Waals surface area contributed by atoms with Gasteiger partial charge >= 0.3 is 5.97 Å². The summed E-state index contributed by atoms with van der Waals surface area (Å²) in [6, 6.07) is 17.3. The molecule has 0 unspecified atom stereocenters. The van der Waals surface area contributed by atoms with Gasteiger partial charge in [0, 0.05) is 5.69 Å². The fourth-order valence-corrected chi connectivity index (χ4v) is 4.43. The highest BCUT2D eigenvalue weighted by atomic mass is 32.2. The molecule has 1 amide bonds. The van der Waals surface area contributed by atoms with Gasteiger partial charge in [0.05, 0.1) is 11.9 Å².